The number of carbonyl (C=O) groups excluding carboxylic acids is 4. The van der Waals surface area contributed by atoms with Gasteiger partial charge in [-0.15, -0.1) is 0 Å². The first-order valence-corrected chi connectivity index (χ1v) is 6.84. The third kappa shape index (κ3) is 10.1. The molecule has 0 rings (SSSR count). The fourth-order valence-electron chi connectivity index (χ4n) is 1.61. The van der Waals surface area contributed by atoms with Gasteiger partial charge in [0, 0.05) is 12.8 Å². The third-order valence-electron chi connectivity index (χ3n) is 2.72. The highest BCUT2D eigenvalue weighted by molar-refractivity contribution is 5.93. The van der Waals surface area contributed by atoms with Crippen LogP contribution in [0.25, 0.3) is 0 Å². The number of carboxylic acid groups (broad SMARTS) is 2. The van der Waals surface area contributed by atoms with E-state index in [2.05, 4.69) is 4.74 Å². The van der Waals surface area contributed by atoms with Gasteiger partial charge in [0.25, 0.3) is 0 Å². The molecule has 0 aliphatic heterocycles. The second-order valence-corrected chi connectivity index (χ2v) is 4.75. The van der Waals surface area contributed by atoms with Gasteiger partial charge in [0.1, 0.15) is 12.1 Å². The minimum atomic E-state index is -1.62. The Morgan fingerprint density at radius 2 is 1.08 bits per heavy atom. The molecule has 0 heterocycles. The van der Waals surface area contributed by atoms with Gasteiger partial charge < -0.3 is 37.1 Å². The number of ether oxygens (including phenoxy) is 1. The standard InChI is InChI=1S/C12H18N4O9/c13-7(17)3-1-5(15-11(21)22)9(19)25-10(20)6(16-12(23)24)2-4-8(14)18/h5-6,15-16H,1-4H2,(H2,13,17)(H2,14,18)(H,21,22)(H,23,24)/t5-,6-/m0/s1. The number of amides is 4. The summed E-state index contributed by atoms with van der Waals surface area (Å²) in [5, 5.41) is 20.8. The van der Waals surface area contributed by atoms with E-state index in [-0.39, 0.29) is 25.7 Å². The van der Waals surface area contributed by atoms with Crippen molar-refractivity contribution < 1.29 is 43.7 Å². The molecule has 0 radical (unpaired) electrons. The molecule has 0 fully saturated rings. The first-order chi connectivity index (χ1) is 11.5. The van der Waals surface area contributed by atoms with Gasteiger partial charge >= 0.3 is 24.1 Å². The molecule has 140 valence electrons. The van der Waals surface area contributed by atoms with Crippen LogP contribution in [0, 0.1) is 0 Å². The molecule has 0 bridgehead atoms. The normalized spacial score (nSPS) is 12.3. The lowest BCUT2D eigenvalue weighted by Gasteiger charge is -2.18. The van der Waals surface area contributed by atoms with E-state index in [0.717, 1.165) is 0 Å². The minimum Gasteiger partial charge on any atom is -0.465 e. The SMILES string of the molecule is NC(=O)CC[C@H](NC(=O)O)C(=O)OC(=O)[C@H](CCC(N)=O)NC(=O)O. The number of nitrogens with one attached hydrogen (secondary N) is 2. The summed E-state index contributed by atoms with van der Waals surface area (Å²) in [6.45, 7) is 0. The average molecular weight is 362 g/mol. The van der Waals surface area contributed by atoms with Gasteiger partial charge in [-0.3, -0.25) is 9.59 Å². The van der Waals surface area contributed by atoms with Crippen molar-refractivity contribution >= 4 is 35.9 Å². The second-order valence-electron chi connectivity index (χ2n) is 4.75. The summed E-state index contributed by atoms with van der Waals surface area (Å²) in [5.74, 6) is -4.35. The van der Waals surface area contributed by atoms with Crippen molar-refractivity contribution in [2.45, 2.75) is 37.8 Å². The molecule has 0 aromatic rings. The molecule has 25 heavy (non-hydrogen) atoms. The molecule has 0 unspecified atom stereocenters. The van der Waals surface area contributed by atoms with E-state index >= 15 is 0 Å². The van der Waals surface area contributed by atoms with Crippen molar-refractivity contribution in [3.63, 3.8) is 0 Å². The van der Waals surface area contributed by atoms with Gasteiger partial charge in [0.05, 0.1) is 0 Å². The molecular formula is C12H18N4O9. The molecule has 0 saturated carbocycles. The summed E-state index contributed by atoms with van der Waals surface area (Å²) in [6, 6.07) is -3.15. The Labute approximate surface area is 140 Å². The minimum absolute atomic E-state index is 0.368. The molecule has 13 heteroatoms. The van der Waals surface area contributed by atoms with Gasteiger partial charge in [-0.1, -0.05) is 0 Å². The fraction of sp³-hybridized carbons (Fsp3) is 0.500. The predicted molar refractivity (Wildman–Crippen MR) is 77.9 cm³/mol. The maximum Gasteiger partial charge on any atom is 0.405 e. The largest absolute Gasteiger partial charge is 0.465 e. The van der Waals surface area contributed by atoms with Gasteiger partial charge in [-0.2, -0.15) is 0 Å². The van der Waals surface area contributed by atoms with E-state index in [0.29, 0.717) is 0 Å². The van der Waals surface area contributed by atoms with Crippen LogP contribution in [0.3, 0.4) is 0 Å². The Balaban J connectivity index is 4.96. The lowest BCUT2D eigenvalue weighted by atomic mass is 10.1. The van der Waals surface area contributed by atoms with Crippen LogP contribution < -0.4 is 22.1 Å². The van der Waals surface area contributed by atoms with Crippen LogP contribution in [0.5, 0.6) is 0 Å². The zero-order valence-electron chi connectivity index (χ0n) is 12.9. The Bertz CT molecular complexity index is 515. The Morgan fingerprint density at radius 3 is 1.32 bits per heavy atom. The third-order valence-corrected chi connectivity index (χ3v) is 2.72. The summed E-state index contributed by atoms with van der Waals surface area (Å²) in [5.41, 5.74) is 9.78. The highest BCUT2D eigenvalue weighted by Crippen LogP contribution is 2.05. The monoisotopic (exact) mass is 362 g/mol. The number of rotatable bonds is 10. The number of carbonyl (C=O) groups is 6. The number of esters is 2. The van der Waals surface area contributed by atoms with E-state index in [4.69, 9.17) is 21.7 Å². The highest BCUT2D eigenvalue weighted by atomic mass is 16.6. The van der Waals surface area contributed by atoms with Crippen molar-refractivity contribution in [1.82, 2.24) is 10.6 Å². The van der Waals surface area contributed by atoms with Crippen molar-refractivity contribution in [2.75, 3.05) is 0 Å². The zero-order chi connectivity index (χ0) is 19.6. The zero-order valence-corrected chi connectivity index (χ0v) is 12.9. The molecule has 0 aliphatic rings. The van der Waals surface area contributed by atoms with Gasteiger partial charge in [-0.05, 0) is 12.8 Å². The summed E-state index contributed by atoms with van der Waals surface area (Å²) in [4.78, 5) is 66.4. The second kappa shape index (κ2) is 10.4. The molecule has 4 amide bonds. The first-order valence-electron chi connectivity index (χ1n) is 6.84. The number of nitrogens with two attached hydrogens (primary N) is 2. The van der Waals surface area contributed by atoms with Crippen LogP contribution in [-0.2, 0) is 23.9 Å². The van der Waals surface area contributed by atoms with Crippen LogP contribution in [0.15, 0.2) is 0 Å². The molecule has 0 aromatic carbocycles. The molecule has 0 spiro atoms. The quantitative estimate of drug-likeness (QED) is 0.184. The molecule has 0 saturated heterocycles. The molecular weight excluding hydrogens is 344 g/mol. The van der Waals surface area contributed by atoms with Crippen LogP contribution in [-0.4, -0.2) is 58.2 Å². The highest BCUT2D eigenvalue weighted by Gasteiger charge is 2.29. The summed E-state index contributed by atoms with van der Waals surface area (Å²) in [7, 11) is 0. The van der Waals surface area contributed by atoms with Crippen molar-refractivity contribution in [1.29, 1.82) is 0 Å². The van der Waals surface area contributed by atoms with Crippen LogP contribution in [0.4, 0.5) is 9.59 Å². The van der Waals surface area contributed by atoms with Gasteiger partial charge in [0.15, 0.2) is 0 Å². The van der Waals surface area contributed by atoms with E-state index < -0.39 is 48.0 Å². The lowest BCUT2D eigenvalue weighted by Crippen LogP contribution is -2.46. The maximum atomic E-state index is 11.8. The number of hydrogen-bond acceptors (Lipinski definition) is 7. The maximum absolute atomic E-state index is 11.8. The van der Waals surface area contributed by atoms with Gasteiger partial charge in [0.2, 0.25) is 11.8 Å². The first kappa shape index (κ1) is 21.6. The van der Waals surface area contributed by atoms with Gasteiger partial charge in [-0.25, -0.2) is 19.2 Å². The van der Waals surface area contributed by atoms with Crippen LogP contribution in [0.1, 0.15) is 25.7 Å². The fourth-order valence-corrected chi connectivity index (χ4v) is 1.61. The average Bonchev–Trinajstić information content (AvgIpc) is 2.46. The number of hydrogen-bond donors (Lipinski definition) is 6. The topological polar surface area (TPSA) is 228 Å². The Hall–Kier alpha value is -3.38. The van der Waals surface area contributed by atoms with E-state index in [9.17, 15) is 28.8 Å². The van der Waals surface area contributed by atoms with E-state index in [1.54, 1.807) is 10.6 Å². The smallest absolute Gasteiger partial charge is 0.405 e. The molecule has 13 nitrogen and oxygen atoms in total. The Kier molecular flexibility index (Phi) is 9.00. The summed E-state index contributed by atoms with van der Waals surface area (Å²) < 4.78 is 4.41. The van der Waals surface area contributed by atoms with Crippen LogP contribution >= 0.6 is 0 Å². The molecule has 0 aromatic heterocycles. The summed E-state index contributed by atoms with van der Waals surface area (Å²) >= 11 is 0. The molecule has 8 N–H and O–H groups in total. The number of primary amides is 2. The Morgan fingerprint density at radius 1 is 0.760 bits per heavy atom. The predicted octanol–water partition coefficient (Wildman–Crippen LogP) is -2.14. The van der Waals surface area contributed by atoms with Crippen molar-refractivity contribution in [3.05, 3.63) is 0 Å². The van der Waals surface area contributed by atoms with Crippen molar-refractivity contribution in [3.8, 4) is 0 Å². The van der Waals surface area contributed by atoms with E-state index in [1.807, 2.05) is 0 Å². The molecule has 2 atom stereocenters. The van der Waals surface area contributed by atoms with E-state index in [1.165, 1.54) is 0 Å². The molecule has 0 aliphatic carbocycles. The lowest BCUT2D eigenvalue weighted by molar-refractivity contribution is -0.162. The summed E-state index contributed by atoms with van der Waals surface area (Å²) in [6.07, 6.45) is -4.71. The van der Waals surface area contributed by atoms with Crippen LogP contribution in [0.2, 0.25) is 0 Å². The van der Waals surface area contributed by atoms with Crippen molar-refractivity contribution in [2.24, 2.45) is 11.5 Å².